The highest BCUT2D eigenvalue weighted by atomic mass is 19.4. The van der Waals surface area contributed by atoms with Crippen LogP contribution in [0.25, 0.3) is 0 Å². The van der Waals surface area contributed by atoms with Crippen molar-refractivity contribution in [2.24, 2.45) is 0 Å². The molecule has 0 aromatic rings. The Bertz CT molecular complexity index is 381. The molecule has 1 nitrogen and oxygen atoms in total. The third kappa shape index (κ3) is 3.30. The van der Waals surface area contributed by atoms with Crippen molar-refractivity contribution in [3.63, 3.8) is 0 Å². The van der Waals surface area contributed by atoms with Crippen LogP contribution in [0.2, 0.25) is 0 Å². The second kappa shape index (κ2) is 5.33. The Balaban J connectivity index is 5.53. The van der Waals surface area contributed by atoms with E-state index in [9.17, 15) is 52.7 Å². The van der Waals surface area contributed by atoms with E-state index in [1.165, 1.54) is 0 Å². The Hall–Kier alpha value is -1.14. The van der Waals surface area contributed by atoms with E-state index in [1.807, 2.05) is 0 Å². The van der Waals surface area contributed by atoms with Crippen LogP contribution >= 0.6 is 0 Å². The predicted octanol–water partition coefficient (Wildman–Crippen LogP) is 4.51. The topological polar surface area (TPSA) is 9.23 Å². The van der Waals surface area contributed by atoms with Gasteiger partial charge in [-0.15, -0.1) is 0 Å². The molecular weight excluding hydrogens is 328 g/mol. The van der Waals surface area contributed by atoms with Crippen LogP contribution < -0.4 is 0 Å². The maximum absolute atomic E-state index is 12.5. The van der Waals surface area contributed by atoms with Gasteiger partial charge >= 0.3 is 30.1 Å². The first-order valence-corrected chi connectivity index (χ1v) is 4.11. The van der Waals surface area contributed by atoms with Gasteiger partial charge < -0.3 is 0 Å². The van der Waals surface area contributed by atoms with Crippen LogP contribution in [-0.4, -0.2) is 30.7 Å². The fourth-order valence-electron chi connectivity index (χ4n) is 0.677. The van der Waals surface area contributed by atoms with Crippen molar-refractivity contribution >= 4 is 0 Å². The molecule has 0 saturated carbocycles. The van der Waals surface area contributed by atoms with Gasteiger partial charge in [-0.25, -0.2) is 9.13 Å². The van der Waals surface area contributed by atoms with Crippen molar-refractivity contribution in [1.82, 2.24) is 0 Å². The second-order valence-corrected chi connectivity index (χ2v) is 3.12. The van der Waals surface area contributed by atoms with Gasteiger partial charge in [-0.3, -0.25) is 0 Å². The number of ether oxygens (including phenoxy) is 1. The summed E-state index contributed by atoms with van der Waals surface area (Å²) < 4.78 is 147. The van der Waals surface area contributed by atoms with E-state index < -0.39 is 42.6 Å². The van der Waals surface area contributed by atoms with E-state index in [2.05, 4.69) is 0 Å². The minimum Gasteiger partial charge on any atom is -0.244 e. The summed E-state index contributed by atoms with van der Waals surface area (Å²) in [6, 6.07) is 0. The average molecular weight is 330 g/mol. The average Bonchev–Trinajstić information content (AvgIpc) is 2.25. The van der Waals surface area contributed by atoms with Gasteiger partial charge in [0.25, 0.3) is 5.83 Å². The Labute approximate surface area is 101 Å². The highest BCUT2D eigenvalue weighted by Crippen LogP contribution is 2.49. The number of alkyl halides is 9. The SMILES string of the molecule is FCC(F)(F)C(F)(F)C(F)(F)OC(F)(F)C(F)=C(F)F. The van der Waals surface area contributed by atoms with Crippen LogP contribution in [0.5, 0.6) is 0 Å². The summed E-state index contributed by atoms with van der Waals surface area (Å²) in [7, 11) is 0. The summed E-state index contributed by atoms with van der Waals surface area (Å²) in [4.78, 5) is 0. The van der Waals surface area contributed by atoms with Crippen LogP contribution in [0, 0.1) is 0 Å². The third-order valence-corrected chi connectivity index (χ3v) is 1.67. The number of hydrogen-bond acceptors (Lipinski definition) is 1. The number of hydrogen-bond donors (Lipinski definition) is 0. The highest BCUT2D eigenvalue weighted by Gasteiger charge is 2.75. The Morgan fingerprint density at radius 1 is 0.800 bits per heavy atom. The first kappa shape index (κ1) is 18.9. The molecule has 0 spiro atoms. The molecule has 0 N–H and O–H groups in total. The molecule has 0 fully saturated rings. The minimum absolute atomic E-state index is 1.73. The molecule has 0 heterocycles. The van der Waals surface area contributed by atoms with Crippen molar-refractivity contribution in [3.8, 4) is 0 Å². The van der Waals surface area contributed by atoms with Gasteiger partial charge in [0.15, 0.2) is 6.67 Å². The first-order valence-electron chi connectivity index (χ1n) is 4.11. The van der Waals surface area contributed by atoms with Crippen LogP contribution in [-0.2, 0) is 4.74 Å². The van der Waals surface area contributed by atoms with Gasteiger partial charge in [0.05, 0.1) is 0 Å². The third-order valence-electron chi connectivity index (χ3n) is 1.67. The fraction of sp³-hybridized carbons (Fsp3) is 0.714. The molecule has 0 saturated heterocycles. The van der Waals surface area contributed by atoms with Crippen molar-refractivity contribution in [2.75, 3.05) is 6.67 Å². The van der Waals surface area contributed by atoms with E-state index in [-0.39, 0.29) is 0 Å². The molecule has 13 heteroatoms. The molecule has 0 rings (SSSR count). The standard InChI is InChI=1S/C7H2F12O/c8-1-4(12,13)6(16,17)7(18,19)20-5(14,15)2(9)3(10)11/h1H2. The van der Waals surface area contributed by atoms with Gasteiger partial charge in [0.2, 0.25) is 0 Å². The Morgan fingerprint density at radius 3 is 1.50 bits per heavy atom. The molecular formula is C7H2F12O. The zero-order chi connectivity index (χ0) is 16.6. The lowest BCUT2D eigenvalue weighted by molar-refractivity contribution is -0.452. The summed E-state index contributed by atoms with van der Waals surface area (Å²) in [6.45, 7) is -3.40. The van der Waals surface area contributed by atoms with E-state index in [0.717, 1.165) is 0 Å². The van der Waals surface area contributed by atoms with E-state index in [1.54, 1.807) is 4.74 Å². The molecule has 0 atom stereocenters. The maximum Gasteiger partial charge on any atom is 0.430 e. The van der Waals surface area contributed by atoms with Crippen molar-refractivity contribution in [2.45, 2.75) is 24.1 Å². The van der Waals surface area contributed by atoms with Gasteiger partial charge in [-0.2, -0.15) is 48.3 Å². The monoisotopic (exact) mass is 330 g/mol. The predicted molar refractivity (Wildman–Crippen MR) is 37.2 cm³/mol. The van der Waals surface area contributed by atoms with Crippen LogP contribution in [0.1, 0.15) is 0 Å². The minimum atomic E-state index is -6.86. The molecule has 0 bridgehead atoms. The largest absolute Gasteiger partial charge is 0.430 e. The molecule has 0 aliphatic heterocycles. The highest BCUT2D eigenvalue weighted by molar-refractivity contribution is 5.02. The Morgan fingerprint density at radius 2 is 1.20 bits per heavy atom. The van der Waals surface area contributed by atoms with Crippen LogP contribution in [0.4, 0.5) is 52.7 Å². The van der Waals surface area contributed by atoms with E-state index in [4.69, 9.17) is 0 Å². The van der Waals surface area contributed by atoms with Crippen LogP contribution in [0.15, 0.2) is 11.9 Å². The molecule has 0 aliphatic carbocycles. The Kier molecular flexibility index (Phi) is 5.03. The molecule has 0 amide bonds. The molecule has 0 radical (unpaired) electrons. The second-order valence-electron chi connectivity index (χ2n) is 3.12. The molecule has 0 aromatic heterocycles. The number of rotatable bonds is 6. The molecule has 120 valence electrons. The molecule has 0 unspecified atom stereocenters. The van der Waals surface area contributed by atoms with Crippen molar-refractivity contribution < 1.29 is 57.4 Å². The van der Waals surface area contributed by atoms with Gasteiger partial charge in [0.1, 0.15) is 0 Å². The number of halogens is 12. The van der Waals surface area contributed by atoms with Gasteiger partial charge in [-0.1, -0.05) is 0 Å². The normalized spacial score (nSPS) is 14.4. The molecule has 0 aliphatic rings. The quantitative estimate of drug-likeness (QED) is 0.652. The first-order chi connectivity index (χ1) is 8.62. The summed E-state index contributed by atoms with van der Waals surface area (Å²) in [6.07, 6.45) is -17.1. The lowest BCUT2D eigenvalue weighted by atomic mass is 10.1. The molecule has 0 aromatic carbocycles. The summed E-state index contributed by atoms with van der Waals surface area (Å²) in [5, 5.41) is 0. The zero-order valence-electron chi connectivity index (χ0n) is 8.65. The van der Waals surface area contributed by atoms with Crippen molar-refractivity contribution in [1.29, 1.82) is 0 Å². The van der Waals surface area contributed by atoms with Gasteiger partial charge in [0, 0.05) is 0 Å². The summed E-state index contributed by atoms with van der Waals surface area (Å²) >= 11 is 0. The zero-order valence-corrected chi connectivity index (χ0v) is 8.65. The summed E-state index contributed by atoms with van der Waals surface area (Å²) in [5.41, 5.74) is 0. The van der Waals surface area contributed by atoms with Crippen molar-refractivity contribution in [3.05, 3.63) is 11.9 Å². The van der Waals surface area contributed by atoms with Gasteiger partial charge in [-0.05, 0) is 0 Å². The summed E-state index contributed by atoms with van der Waals surface area (Å²) in [5.74, 6) is -17.0. The lowest BCUT2D eigenvalue weighted by Crippen LogP contribution is -2.58. The molecule has 20 heavy (non-hydrogen) atoms. The van der Waals surface area contributed by atoms with Crippen LogP contribution in [0.3, 0.4) is 0 Å². The smallest absolute Gasteiger partial charge is 0.244 e. The lowest BCUT2D eigenvalue weighted by Gasteiger charge is -2.32. The van der Waals surface area contributed by atoms with E-state index in [0.29, 0.717) is 0 Å². The van der Waals surface area contributed by atoms with E-state index >= 15 is 0 Å². The fourth-order valence-corrected chi connectivity index (χ4v) is 0.677. The maximum atomic E-state index is 12.5.